The maximum absolute atomic E-state index is 9.70. The fraction of sp³-hybridized carbons (Fsp3) is 0.500. The van der Waals surface area contributed by atoms with Gasteiger partial charge in [-0.05, 0) is 28.9 Å². The Morgan fingerprint density at radius 1 is 1.27 bits per heavy atom. The van der Waals surface area contributed by atoms with E-state index in [-0.39, 0.29) is 5.41 Å². The van der Waals surface area contributed by atoms with Crippen LogP contribution in [0.25, 0.3) is 0 Å². The second-order valence-corrected chi connectivity index (χ2v) is 5.30. The zero-order valence-electron chi connectivity index (χ0n) is 9.91. The van der Waals surface area contributed by atoms with Crippen molar-refractivity contribution in [3.63, 3.8) is 0 Å². The van der Waals surface area contributed by atoms with E-state index < -0.39 is 6.92 Å². The third kappa shape index (κ3) is 3.59. The molecule has 0 spiro atoms. The first-order chi connectivity index (χ1) is 6.79. The zero-order valence-corrected chi connectivity index (χ0v) is 9.91. The molecule has 0 amide bonds. The van der Waals surface area contributed by atoms with E-state index in [0.717, 1.165) is 17.4 Å². The van der Waals surface area contributed by atoms with Crippen LogP contribution in [0, 0.1) is 5.41 Å². The Morgan fingerprint density at radius 2 is 1.87 bits per heavy atom. The van der Waals surface area contributed by atoms with Gasteiger partial charge in [-0.15, -0.1) is 0 Å². The summed E-state index contributed by atoms with van der Waals surface area (Å²) in [6, 6.07) is 5.29. The molecule has 0 radical (unpaired) electrons. The van der Waals surface area contributed by atoms with Crippen molar-refractivity contribution < 1.29 is 10.1 Å². The molecule has 15 heavy (non-hydrogen) atoms. The molecule has 0 aliphatic carbocycles. The molecule has 0 heterocycles. The van der Waals surface area contributed by atoms with Gasteiger partial charge in [0.2, 0.25) is 0 Å². The van der Waals surface area contributed by atoms with E-state index in [2.05, 4.69) is 20.8 Å². The van der Waals surface area contributed by atoms with E-state index in [1.165, 1.54) is 0 Å². The summed E-state index contributed by atoms with van der Waals surface area (Å²) in [6.07, 6.45) is 0.805. The first-order valence-corrected chi connectivity index (χ1v) is 5.29. The van der Waals surface area contributed by atoms with E-state index >= 15 is 0 Å². The van der Waals surface area contributed by atoms with Crippen LogP contribution in [0.2, 0.25) is 6.82 Å². The summed E-state index contributed by atoms with van der Waals surface area (Å²) in [5, 5.41) is 19.2. The monoisotopic (exact) mass is 206 g/mol. The third-order valence-electron chi connectivity index (χ3n) is 2.31. The van der Waals surface area contributed by atoms with Crippen LogP contribution in [0.3, 0.4) is 0 Å². The summed E-state index contributed by atoms with van der Waals surface area (Å²) in [7, 11) is 0. The Morgan fingerprint density at radius 3 is 2.33 bits per heavy atom. The lowest BCUT2D eigenvalue weighted by atomic mass is 9.64. The van der Waals surface area contributed by atoms with Crippen LogP contribution < -0.4 is 5.46 Å². The topological polar surface area (TPSA) is 40.5 Å². The molecular formula is C12H19BO2. The molecule has 0 fully saturated rings. The second-order valence-electron chi connectivity index (χ2n) is 5.30. The Balaban J connectivity index is 3.01. The van der Waals surface area contributed by atoms with Crippen LogP contribution in [0.4, 0.5) is 0 Å². The molecule has 1 rings (SSSR count). The summed E-state index contributed by atoms with van der Waals surface area (Å²) >= 11 is 0. The highest BCUT2D eigenvalue weighted by atomic mass is 16.3. The maximum Gasteiger partial charge on any atom is 0.320 e. The van der Waals surface area contributed by atoms with Gasteiger partial charge in [-0.3, -0.25) is 0 Å². The molecule has 0 saturated carbocycles. The van der Waals surface area contributed by atoms with Crippen LogP contribution in [0.1, 0.15) is 26.3 Å². The number of phenols is 1. The molecule has 3 heteroatoms. The van der Waals surface area contributed by atoms with Crippen molar-refractivity contribution in [2.75, 3.05) is 0 Å². The van der Waals surface area contributed by atoms with Crippen molar-refractivity contribution in [3.05, 3.63) is 23.8 Å². The molecule has 2 N–H and O–H groups in total. The lowest BCUT2D eigenvalue weighted by Crippen LogP contribution is -2.26. The van der Waals surface area contributed by atoms with Crippen LogP contribution >= 0.6 is 0 Å². The van der Waals surface area contributed by atoms with E-state index in [1.807, 2.05) is 6.07 Å². The highest BCUT2D eigenvalue weighted by Gasteiger charge is 2.16. The molecule has 0 bridgehead atoms. The Bertz CT molecular complexity index is 340. The molecule has 1 aromatic rings. The van der Waals surface area contributed by atoms with Crippen molar-refractivity contribution in [1.29, 1.82) is 0 Å². The van der Waals surface area contributed by atoms with Crippen molar-refractivity contribution >= 4 is 12.4 Å². The van der Waals surface area contributed by atoms with Crippen LogP contribution in [0.15, 0.2) is 18.2 Å². The Hall–Kier alpha value is -0.955. The second kappa shape index (κ2) is 4.27. The summed E-state index contributed by atoms with van der Waals surface area (Å²) in [5.41, 5.74) is 1.89. The van der Waals surface area contributed by atoms with Gasteiger partial charge in [0, 0.05) is 0 Å². The fourth-order valence-electron chi connectivity index (χ4n) is 1.58. The summed E-state index contributed by atoms with van der Waals surface area (Å²) < 4.78 is 0. The summed E-state index contributed by atoms with van der Waals surface area (Å²) in [5.74, 6) is 0.314. The van der Waals surface area contributed by atoms with E-state index in [9.17, 15) is 10.1 Å². The fourth-order valence-corrected chi connectivity index (χ4v) is 1.58. The van der Waals surface area contributed by atoms with Crippen LogP contribution in [-0.2, 0) is 6.42 Å². The number of rotatable bonds is 2. The van der Waals surface area contributed by atoms with Gasteiger partial charge in [-0.2, -0.15) is 0 Å². The van der Waals surface area contributed by atoms with E-state index in [4.69, 9.17) is 0 Å². The molecule has 2 nitrogen and oxygen atoms in total. The van der Waals surface area contributed by atoms with Gasteiger partial charge in [-0.1, -0.05) is 39.7 Å². The molecule has 0 aromatic heterocycles. The van der Waals surface area contributed by atoms with Crippen molar-refractivity contribution in [2.45, 2.75) is 34.0 Å². The summed E-state index contributed by atoms with van der Waals surface area (Å²) in [6.45, 7) is 7.63. The predicted molar refractivity (Wildman–Crippen MR) is 64.7 cm³/mol. The summed E-state index contributed by atoms with van der Waals surface area (Å²) in [4.78, 5) is 0. The van der Waals surface area contributed by atoms with Crippen molar-refractivity contribution in [2.24, 2.45) is 5.41 Å². The Kier molecular flexibility index (Phi) is 3.45. The Labute approximate surface area is 92.1 Å². The molecule has 0 atom stereocenters. The molecule has 0 unspecified atom stereocenters. The average Bonchev–Trinajstić information content (AvgIpc) is 2.06. The largest absolute Gasteiger partial charge is 0.508 e. The average molecular weight is 206 g/mol. The minimum Gasteiger partial charge on any atom is -0.508 e. The minimum atomic E-state index is -0.482. The predicted octanol–water partition coefficient (Wildman–Crippen LogP) is 1.80. The SMILES string of the molecule is CB(O)c1ccc(O)c(CC(C)(C)C)c1. The zero-order chi connectivity index (χ0) is 11.6. The molecule has 0 aliphatic rings. The number of benzene rings is 1. The maximum atomic E-state index is 9.70. The molecule has 82 valence electrons. The number of hydrogen-bond acceptors (Lipinski definition) is 2. The highest BCUT2D eigenvalue weighted by Crippen LogP contribution is 2.25. The highest BCUT2D eigenvalue weighted by molar-refractivity contribution is 6.64. The quantitative estimate of drug-likeness (QED) is 0.724. The first-order valence-electron chi connectivity index (χ1n) is 5.29. The van der Waals surface area contributed by atoms with Gasteiger partial charge in [0.25, 0.3) is 0 Å². The van der Waals surface area contributed by atoms with Gasteiger partial charge >= 0.3 is 6.92 Å². The number of hydrogen-bond donors (Lipinski definition) is 2. The smallest absolute Gasteiger partial charge is 0.320 e. The van der Waals surface area contributed by atoms with E-state index in [1.54, 1.807) is 19.0 Å². The third-order valence-corrected chi connectivity index (χ3v) is 2.31. The molecule has 1 aromatic carbocycles. The first kappa shape index (κ1) is 12.1. The van der Waals surface area contributed by atoms with Gasteiger partial charge < -0.3 is 10.1 Å². The number of phenolic OH excluding ortho intramolecular Hbond substituents is 1. The minimum absolute atomic E-state index is 0.134. The standard InChI is InChI=1S/C12H19BO2/c1-12(2,3)8-9-7-10(13(4)15)5-6-11(9)14/h5-7,14-15H,8H2,1-4H3. The van der Waals surface area contributed by atoms with Crippen LogP contribution in [0.5, 0.6) is 5.75 Å². The van der Waals surface area contributed by atoms with Crippen molar-refractivity contribution in [3.8, 4) is 5.75 Å². The lowest BCUT2D eigenvalue weighted by molar-refractivity contribution is 0.395. The van der Waals surface area contributed by atoms with Crippen molar-refractivity contribution in [1.82, 2.24) is 0 Å². The lowest BCUT2D eigenvalue weighted by Gasteiger charge is -2.19. The van der Waals surface area contributed by atoms with Gasteiger partial charge in [0.15, 0.2) is 0 Å². The van der Waals surface area contributed by atoms with Gasteiger partial charge in [0.1, 0.15) is 5.75 Å². The molecule has 0 saturated heterocycles. The van der Waals surface area contributed by atoms with Gasteiger partial charge in [-0.25, -0.2) is 0 Å². The van der Waals surface area contributed by atoms with Gasteiger partial charge in [0.05, 0.1) is 0 Å². The van der Waals surface area contributed by atoms with E-state index in [0.29, 0.717) is 5.75 Å². The molecular weight excluding hydrogens is 187 g/mol. The normalized spacial score (nSPS) is 11.5. The molecule has 0 aliphatic heterocycles. The number of aromatic hydroxyl groups is 1. The van der Waals surface area contributed by atoms with Crippen LogP contribution in [-0.4, -0.2) is 17.0 Å².